The molecule has 0 amide bonds. The summed E-state index contributed by atoms with van der Waals surface area (Å²) in [6.07, 6.45) is 4.33. The van der Waals surface area contributed by atoms with Gasteiger partial charge in [-0.1, -0.05) is 12.8 Å². The zero-order chi connectivity index (χ0) is 16.0. The Kier molecular flexibility index (Phi) is 20.4. The number of aliphatic carboxylic acids is 2. The van der Waals surface area contributed by atoms with Crippen molar-refractivity contribution >= 4 is 24.3 Å². The number of rotatable bonds is 10. The predicted octanol–water partition coefficient (Wildman–Crippen LogP) is -0.524. The van der Waals surface area contributed by atoms with Gasteiger partial charge in [-0.05, 0) is 38.8 Å². The van der Waals surface area contributed by atoms with Crippen molar-refractivity contribution in [1.29, 1.82) is 0 Å². The number of nitrogens with two attached hydrogens (primary N) is 4. The summed E-state index contributed by atoms with van der Waals surface area (Å²) < 4.78 is 0. The van der Waals surface area contributed by atoms with Crippen LogP contribution < -0.4 is 22.9 Å². The van der Waals surface area contributed by atoms with E-state index in [2.05, 4.69) is 0 Å². The lowest BCUT2D eigenvalue weighted by Crippen LogP contribution is -2.29. The Balaban J connectivity index is -0.000000295. The molecule has 2 atom stereocenters. The third-order valence-corrected chi connectivity index (χ3v) is 2.57. The van der Waals surface area contributed by atoms with Crippen molar-refractivity contribution in [3.8, 4) is 0 Å². The molecule has 0 unspecified atom stereocenters. The van der Waals surface area contributed by atoms with Crippen LogP contribution in [-0.2, 0) is 9.59 Å². The maximum absolute atomic E-state index is 10.1. The highest BCUT2D eigenvalue weighted by Gasteiger charge is 2.09. The zero-order valence-corrected chi connectivity index (χ0v) is 13.1. The van der Waals surface area contributed by atoms with Crippen molar-refractivity contribution in [2.45, 2.75) is 50.6 Å². The fraction of sp³-hybridized carbons (Fsp3) is 0.833. The molecule has 10 N–H and O–H groups in total. The molecule has 0 bridgehead atoms. The Bertz CT molecular complexity index is 244. The minimum Gasteiger partial charge on any atom is -0.480 e. The molecule has 0 aromatic rings. The van der Waals surface area contributed by atoms with Crippen molar-refractivity contribution in [2.24, 2.45) is 22.9 Å². The summed E-state index contributed by atoms with van der Waals surface area (Å²) in [5.74, 6) is -1.87. The van der Waals surface area contributed by atoms with Crippen LogP contribution in [0.1, 0.15) is 38.5 Å². The fourth-order valence-electron chi connectivity index (χ4n) is 1.26. The Hall–Kier alpha value is -0.930. The summed E-state index contributed by atoms with van der Waals surface area (Å²) in [7, 11) is 0. The molecular formula is C12H29ClN4O4. The molecule has 0 aliphatic heterocycles. The summed E-state index contributed by atoms with van der Waals surface area (Å²) >= 11 is 0. The van der Waals surface area contributed by atoms with Gasteiger partial charge in [0.25, 0.3) is 0 Å². The lowest BCUT2D eigenvalue weighted by Gasteiger charge is -2.03. The lowest BCUT2D eigenvalue weighted by atomic mass is 10.1. The van der Waals surface area contributed by atoms with Gasteiger partial charge in [0, 0.05) is 0 Å². The third kappa shape index (κ3) is 19.1. The monoisotopic (exact) mass is 328 g/mol. The van der Waals surface area contributed by atoms with E-state index in [1.807, 2.05) is 0 Å². The second kappa shape index (κ2) is 17.1. The van der Waals surface area contributed by atoms with E-state index in [0.29, 0.717) is 25.9 Å². The second-order valence-corrected chi connectivity index (χ2v) is 4.46. The second-order valence-electron chi connectivity index (χ2n) is 4.46. The summed E-state index contributed by atoms with van der Waals surface area (Å²) in [6.45, 7) is 1.21. The molecule has 0 saturated carbocycles. The number of hydrogen-bond acceptors (Lipinski definition) is 6. The SMILES string of the molecule is Cl.NCCCC[C@H](N)C(=O)O.NCCCC[C@H](N)C(=O)O. The Morgan fingerprint density at radius 3 is 1.24 bits per heavy atom. The predicted molar refractivity (Wildman–Crippen MR) is 84.3 cm³/mol. The first-order valence-electron chi connectivity index (χ1n) is 6.73. The molecule has 9 heteroatoms. The first kappa shape index (κ1) is 25.0. The van der Waals surface area contributed by atoms with Gasteiger partial charge in [0.2, 0.25) is 0 Å². The molecule has 0 radical (unpaired) electrons. The van der Waals surface area contributed by atoms with Crippen molar-refractivity contribution in [2.75, 3.05) is 13.1 Å². The number of unbranched alkanes of at least 4 members (excludes halogenated alkanes) is 2. The molecule has 0 aliphatic carbocycles. The van der Waals surface area contributed by atoms with Crippen molar-refractivity contribution in [3.63, 3.8) is 0 Å². The molecule has 21 heavy (non-hydrogen) atoms. The van der Waals surface area contributed by atoms with E-state index in [-0.39, 0.29) is 12.4 Å². The minimum absolute atomic E-state index is 0. The average molecular weight is 329 g/mol. The highest BCUT2D eigenvalue weighted by Crippen LogP contribution is 1.97. The van der Waals surface area contributed by atoms with Gasteiger partial charge in [0.1, 0.15) is 12.1 Å². The van der Waals surface area contributed by atoms with Crippen LogP contribution in [0.5, 0.6) is 0 Å². The Labute approximate surface area is 131 Å². The quantitative estimate of drug-likeness (QED) is 0.290. The van der Waals surface area contributed by atoms with Gasteiger partial charge < -0.3 is 33.1 Å². The van der Waals surface area contributed by atoms with Crippen LogP contribution >= 0.6 is 12.4 Å². The van der Waals surface area contributed by atoms with Gasteiger partial charge in [-0.3, -0.25) is 9.59 Å². The normalized spacial score (nSPS) is 12.4. The van der Waals surface area contributed by atoms with Crippen molar-refractivity contribution in [1.82, 2.24) is 0 Å². The highest BCUT2D eigenvalue weighted by molar-refractivity contribution is 5.85. The molecule has 0 fully saturated rings. The van der Waals surface area contributed by atoms with Gasteiger partial charge in [-0.15, -0.1) is 12.4 Å². The first-order chi connectivity index (χ1) is 9.36. The van der Waals surface area contributed by atoms with E-state index < -0.39 is 24.0 Å². The standard InChI is InChI=1S/2C6H14N2O2.ClH/c2*7-4-2-1-3-5(8)6(9)10;/h2*5H,1-4,7-8H2,(H,9,10);1H/t2*5-;/m00./s1. The molecule has 0 aromatic carbocycles. The number of carbonyl (C=O) groups is 2. The fourth-order valence-corrected chi connectivity index (χ4v) is 1.26. The Morgan fingerprint density at radius 2 is 1.05 bits per heavy atom. The highest BCUT2D eigenvalue weighted by atomic mass is 35.5. The van der Waals surface area contributed by atoms with E-state index in [1.165, 1.54) is 0 Å². The van der Waals surface area contributed by atoms with Gasteiger partial charge in [0.05, 0.1) is 0 Å². The van der Waals surface area contributed by atoms with Gasteiger partial charge in [-0.25, -0.2) is 0 Å². The van der Waals surface area contributed by atoms with Crippen LogP contribution in [-0.4, -0.2) is 47.3 Å². The van der Waals surface area contributed by atoms with Crippen molar-refractivity contribution < 1.29 is 19.8 Å². The zero-order valence-electron chi connectivity index (χ0n) is 12.2. The van der Waals surface area contributed by atoms with E-state index >= 15 is 0 Å². The van der Waals surface area contributed by atoms with Crippen LogP contribution in [0, 0.1) is 0 Å². The minimum atomic E-state index is -0.933. The smallest absolute Gasteiger partial charge is 0.320 e. The summed E-state index contributed by atoms with van der Waals surface area (Å²) in [6, 6.07) is -1.43. The van der Waals surface area contributed by atoms with Crippen LogP contribution in [0.3, 0.4) is 0 Å². The molecular weight excluding hydrogens is 300 g/mol. The van der Waals surface area contributed by atoms with Gasteiger partial charge in [0.15, 0.2) is 0 Å². The van der Waals surface area contributed by atoms with Crippen LogP contribution in [0.4, 0.5) is 0 Å². The summed E-state index contributed by atoms with van der Waals surface area (Å²) in [5, 5.41) is 16.7. The van der Waals surface area contributed by atoms with E-state index in [1.54, 1.807) is 0 Å². The molecule has 0 aromatic heterocycles. The molecule has 0 spiro atoms. The maximum Gasteiger partial charge on any atom is 0.320 e. The van der Waals surface area contributed by atoms with E-state index in [4.69, 9.17) is 33.1 Å². The average Bonchev–Trinajstić information content (AvgIpc) is 2.39. The first-order valence-corrected chi connectivity index (χ1v) is 6.73. The lowest BCUT2D eigenvalue weighted by molar-refractivity contribution is -0.139. The van der Waals surface area contributed by atoms with Crippen LogP contribution in [0.25, 0.3) is 0 Å². The van der Waals surface area contributed by atoms with Crippen LogP contribution in [0.2, 0.25) is 0 Å². The maximum atomic E-state index is 10.1. The molecule has 0 aliphatic rings. The topological polar surface area (TPSA) is 179 Å². The van der Waals surface area contributed by atoms with E-state index in [0.717, 1.165) is 25.7 Å². The number of carboxylic acids is 2. The van der Waals surface area contributed by atoms with E-state index in [9.17, 15) is 9.59 Å². The Morgan fingerprint density at radius 1 is 0.762 bits per heavy atom. The molecule has 0 saturated heterocycles. The molecule has 0 rings (SSSR count). The molecule has 8 nitrogen and oxygen atoms in total. The number of halogens is 1. The van der Waals surface area contributed by atoms with Crippen molar-refractivity contribution in [3.05, 3.63) is 0 Å². The summed E-state index contributed by atoms with van der Waals surface area (Å²) in [4.78, 5) is 20.3. The molecule has 128 valence electrons. The summed E-state index contributed by atoms with van der Waals surface area (Å²) in [5.41, 5.74) is 20.8. The van der Waals surface area contributed by atoms with Gasteiger partial charge in [-0.2, -0.15) is 0 Å². The largest absolute Gasteiger partial charge is 0.480 e. The number of carboxylic acid groups (broad SMARTS) is 2. The van der Waals surface area contributed by atoms with Gasteiger partial charge >= 0.3 is 11.9 Å². The van der Waals surface area contributed by atoms with Crippen LogP contribution in [0.15, 0.2) is 0 Å². The third-order valence-electron chi connectivity index (χ3n) is 2.57. The molecule has 0 heterocycles. The number of hydrogen-bond donors (Lipinski definition) is 6.